The number of nitrogens with one attached hydrogen (secondary N) is 1. The first-order valence-corrected chi connectivity index (χ1v) is 11.7. The van der Waals surface area contributed by atoms with E-state index in [4.69, 9.17) is 0 Å². The van der Waals surface area contributed by atoms with Crippen LogP contribution in [0.3, 0.4) is 0 Å². The number of anilines is 1. The molecule has 1 aromatic heterocycles. The fourth-order valence-corrected chi connectivity index (χ4v) is 4.65. The lowest BCUT2D eigenvalue weighted by Gasteiger charge is -2.27. The third-order valence-electron chi connectivity index (χ3n) is 6.42. The Morgan fingerprint density at radius 3 is 2.53 bits per heavy atom. The van der Waals surface area contributed by atoms with Crippen molar-refractivity contribution < 1.29 is 4.79 Å². The van der Waals surface area contributed by atoms with Crippen LogP contribution in [0.1, 0.15) is 86.1 Å². The number of carbonyl (C=O) groups excluding carboxylic acids is 1. The summed E-state index contributed by atoms with van der Waals surface area (Å²) in [5.41, 5.74) is 3.93. The van der Waals surface area contributed by atoms with Gasteiger partial charge in [0.15, 0.2) is 5.43 Å². The molecule has 1 heterocycles. The summed E-state index contributed by atoms with van der Waals surface area (Å²) in [6.45, 7) is 7.14. The molecule has 1 saturated carbocycles. The van der Waals surface area contributed by atoms with Crippen LogP contribution in [0, 0.1) is 12.8 Å². The van der Waals surface area contributed by atoms with E-state index in [9.17, 15) is 9.59 Å². The lowest BCUT2D eigenvalue weighted by molar-refractivity contribution is 0.102. The number of nitrogens with zero attached hydrogens (tertiary/aromatic N) is 1. The molecule has 1 amide bonds. The highest BCUT2D eigenvalue weighted by molar-refractivity contribution is 6.05. The van der Waals surface area contributed by atoms with Gasteiger partial charge in [-0.25, -0.2) is 0 Å². The number of hydrogen-bond donors (Lipinski definition) is 1. The molecular weight excluding hydrogens is 372 g/mol. The van der Waals surface area contributed by atoms with Crippen LogP contribution in [0.5, 0.6) is 0 Å². The molecular formula is C26H36N2O2. The highest BCUT2D eigenvalue weighted by atomic mass is 16.2. The van der Waals surface area contributed by atoms with Gasteiger partial charge >= 0.3 is 0 Å². The maximum atomic E-state index is 13.3. The minimum Gasteiger partial charge on any atom is -0.347 e. The molecule has 4 nitrogen and oxygen atoms in total. The first-order valence-electron chi connectivity index (χ1n) is 11.7. The van der Waals surface area contributed by atoms with Crippen molar-refractivity contribution in [2.24, 2.45) is 5.92 Å². The van der Waals surface area contributed by atoms with E-state index in [1.165, 1.54) is 32.1 Å². The number of amides is 1. The van der Waals surface area contributed by atoms with Crippen molar-refractivity contribution in [1.29, 1.82) is 0 Å². The second-order valence-corrected chi connectivity index (χ2v) is 8.66. The molecule has 162 valence electrons. The number of pyridine rings is 1. The van der Waals surface area contributed by atoms with Crippen molar-refractivity contribution in [3.8, 4) is 0 Å². The van der Waals surface area contributed by atoms with Gasteiger partial charge in [0, 0.05) is 29.7 Å². The minimum atomic E-state index is -0.277. The van der Waals surface area contributed by atoms with Crippen molar-refractivity contribution in [2.45, 2.75) is 85.1 Å². The van der Waals surface area contributed by atoms with Crippen LogP contribution in [-0.4, -0.2) is 10.5 Å². The molecule has 2 aromatic rings. The van der Waals surface area contributed by atoms with E-state index in [0.29, 0.717) is 11.5 Å². The highest BCUT2D eigenvalue weighted by Crippen LogP contribution is 2.27. The third kappa shape index (κ3) is 5.21. The van der Waals surface area contributed by atoms with Gasteiger partial charge in [0.1, 0.15) is 5.56 Å². The number of para-hydroxylation sites is 1. The lowest BCUT2D eigenvalue weighted by atomic mass is 9.88. The Labute approximate surface area is 180 Å². The van der Waals surface area contributed by atoms with Gasteiger partial charge in [-0.1, -0.05) is 57.7 Å². The topological polar surface area (TPSA) is 51.1 Å². The number of benzene rings is 1. The third-order valence-corrected chi connectivity index (χ3v) is 6.42. The standard InChI is InChI=1S/C26H36N2O2/c1-4-6-16-23-25(26(30)27-22-15-11-10-12-19(22)3)24(29)17-21(5-2)28(23)18-20-13-8-7-9-14-20/h10-12,15,17,20H,4-9,13-14,16,18H2,1-3H3,(H,27,30). The van der Waals surface area contributed by atoms with E-state index >= 15 is 0 Å². The SMILES string of the molecule is CCCCc1c(C(=O)Nc2ccccc2C)c(=O)cc(CC)n1CC1CCCCC1. The van der Waals surface area contributed by atoms with Crippen LogP contribution in [0.2, 0.25) is 0 Å². The molecule has 0 saturated heterocycles. The van der Waals surface area contributed by atoms with Crippen LogP contribution in [0.15, 0.2) is 35.1 Å². The monoisotopic (exact) mass is 408 g/mol. The second-order valence-electron chi connectivity index (χ2n) is 8.66. The number of rotatable bonds is 8. The van der Waals surface area contributed by atoms with E-state index in [2.05, 4.69) is 23.7 Å². The molecule has 0 radical (unpaired) electrons. The quantitative estimate of drug-likeness (QED) is 0.592. The summed E-state index contributed by atoms with van der Waals surface area (Å²) < 4.78 is 2.32. The van der Waals surface area contributed by atoms with Crippen molar-refractivity contribution in [1.82, 2.24) is 4.57 Å². The minimum absolute atomic E-state index is 0.149. The molecule has 1 fully saturated rings. The number of carbonyl (C=O) groups is 1. The average Bonchev–Trinajstić information content (AvgIpc) is 2.75. The summed E-state index contributed by atoms with van der Waals surface area (Å²) in [5, 5.41) is 3.00. The summed E-state index contributed by atoms with van der Waals surface area (Å²) in [5.74, 6) is 0.361. The Morgan fingerprint density at radius 1 is 1.13 bits per heavy atom. The Morgan fingerprint density at radius 2 is 1.87 bits per heavy atom. The van der Waals surface area contributed by atoms with Crippen molar-refractivity contribution in [3.05, 3.63) is 63.1 Å². The van der Waals surface area contributed by atoms with Gasteiger partial charge in [0.05, 0.1) is 0 Å². The first-order chi connectivity index (χ1) is 14.5. The Balaban J connectivity index is 2.03. The van der Waals surface area contributed by atoms with Crippen LogP contribution in [0.25, 0.3) is 0 Å². The van der Waals surface area contributed by atoms with Gasteiger partial charge in [-0.3, -0.25) is 9.59 Å². The van der Waals surface area contributed by atoms with Gasteiger partial charge in [0.25, 0.3) is 5.91 Å². The van der Waals surface area contributed by atoms with Crippen molar-refractivity contribution in [3.63, 3.8) is 0 Å². The normalized spacial score (nSPS) is 14.6. The number of aryl methyl sites for hydroxylation is 2. The van der Waals surface area contributed by atoms with Crippen molar-refractivity contribution in [2.75, 3.05) is 5.32 Å². The zero-order valence-electron chi connectivity index (χ0n) is 18.8. The summed E-state index contributed by atoms with van der Waals surface area (Å²) in [6, 6.07) is 9.41. The predicted molar refractivity (Wildman–Crippen MR) is 124 cm³/mol. The van der Waals surface area contributed by atoms with E-state index in [0.717, 1.165) is 54.9 Å². The highest BCUT2D eigenvalue weighted by Gasteiger charge is 2.23. The Hall–Kier alpha value is -2.36. The van der Waals surface area contributed by atoms with Gasteiger partial charge in [-0.05, 0) is 56.6 Å². The Kier molecular flexibility index (Phi) is 7.89. The van der Waals surface area contributed by atoms with Crippen LogP contribution < -0.4 is 10.7 Å². The van der Waals surface area contributed by atoms with Gasteiger partial charge in [-0.2, -0.15) is 0 Å². The fourth-order valence-electron chi connectivity index (χ4n) is 4.65. The van der Waals surface area contributed by atoms with E-state index in [1.54, 1.807) is 6.07 Å². The van der Waals surface area contributed by atoms with Crippen molar-refractivity contribution >= 4 is 11.6 Å². The summed E-state index contributed by atoms with van der Waals surface area (Å²) in [6.07, 6.45) is 9.97. The summed E-state index contributed by atoms with van der Waals surface area (Å²) in [4.78, 5) is 26.4. The molecule has 0 aliphatic heterocycles. The molecule has 1 aliphatic rings. The molecule has 30 heavy (non-hydrogen) atoms. The number of aromatic nitrogens is 1. The van der Waals surface area contributed by atoms with E-state index < -0.39 is 0 Å². The molecule has 0 atom stereocenters. The maximum absolute atomic E-state index is 13.3. The average molecular weight is 409 g/mol. The molecule has 1 N–H and O–H groups in total. The largest absolute Gasteiger partial charge is 0.347 e. The van der Waals surface area contributed by atoms with Gasteiger partial charge in [0.2, 0.25) is 0 Å². The summed E-state index contributed by atoms with van der Waals surface area (Å²) in [7, 11) is 0. The Bertz CT molecular complexity index is 923. The molecule has 4 heteroatoms. The van der Waals surface area contributed by atoms with Gasteiger partial charge < -0.3 is 9.88 Å². The molecule has 3 rings (SSSR count). The zero-order valence-corrected chi connectivity index (χ0v) is 18.8. The van der Waals surface area contributed by atoms with Crippen LogP contribution in [-0.2, 0) is 19.4 Å². The zero-order chi connectivity index (χ0) is 21.5. The number of unbranched alkanes of at least 4 members (excludes halogenated alkanes) is 1. The van der Waals surface area contributed by atoms with Gasteiger partial charge in [-0.15, -0.1) is 0 Å². The van der Waals surface area contributed by atoms with Crippen LogP contribution in [0.4, 0.5) is 5.69 Å². The first kappa shape index (κ1) is 22.3. The number of hydrogen-bond acceptors (Lipinski definition) is 2. The maximum Gasteiger partial charge on any atom is 0.261 e. The smallest absolute Gasteiger partial charge is 0.261 e. The summed E-state index contributed by atoms with van der Waals surface area (Å²) >= 11 is 0. The second kappa shape index (κ2) is 10.6. The molecule has 1 aliphatic carbocycles. The molecule has 0 unspecified atom stereocenters. The fraction of sp³-hybridized carbons (Fsp3) is 0.538. The predicted octanol–water partition coefficient (Wildman–Crippen LogP) is 5.89. The van der Waals surface area contributed by atoms with Crippen LogP contribution >= 0.6 is 0 Å². The van der Waals surface area contributed by atoms with E-state index in [1.807, 2.05) is 31.2 Å². The molecule has 1 aromatic carbocycles. The lowest BCUT2D eigenvalue weighted by Crippen LogP contribution is -2.30. The van der Waals surface area contributed by atoms with E-state index in [-0.39, 0.29) is 11.3 Å². The molecule has 0 bridgehead atoms. The molecule has 0 spiro atoms.